The lowest BCUT2D eigenvalue weighted by molar-refractivity contribution is 0.331. The molecule has 0 aromatic heterocycles. The molecule has 2 aliphatic rings. The Morgan fingerprint density at radius 1 is 0.778 bits per heavy atom. The van der Waals surface area contributed by atoms with Crippen LogP contribution in [-0.4, -0.2) is 0 Å². The van der Waals surface area contributed by atoms with E-state index in [4.69, 9.17) is 0 Å². The minimum absolute atomic E-state index is 0.210. The second-order valence-electron chi connectivity index (χ2n) is 11.0. The van der Waals surface area contributed by atoms with Crippen molar-refractivity contribution in [2.45, 2.75) is 84.0 Å². The fourth-order valence-corrected chi connectivity index (χ4v) is 4.78. The molecule has 0 atom stereocenters. The molecule has 2 aromatic carbocycles. The van der Waals surface area contributed by atoms with E-state index in [1.165, 1.54) is 40.7 Å². The van der Waals surface area contributed by atoms with Crippen molar-refractivity contribution in [3.8, 4) is 0 Å². The topological polar surface area (TPSA) is 0 Å². The second-order valence-corrected chi connectivity index (χ2v) is 11.0. The summed E-state index contributed by atoms with van der Waals surface area (Å²) in [4.78, 5) is 0. The molecule has 0 bridgehead atoms. The van der Waals surface area contributed by atoms with Crippen molar-refractivity contribution < 1.29 is 0 Å². The van der Waals surface area contributed by atoms with Gasteiger partial charge in [-0.1, -0.05) is 90.9 Å². The van der Waals surface area contributed by atoms with Gasteiger partial charge in [0.2, 0.25) is 0 Å². The Balaban J connectivity index is 1.72. The van der Waals surface area contributed by atoms with Gasteiger partial charge in [-0.2, -0.15) is 0 Å². The molecular formula is C27H34. The van der Waals surface area contributed by atoms with Crippen LogP contribution < -0.4 is 0 Å². The van der Waals surface area contributed by atoms with E-state index in [1.807, 2.05) is 0 Å². The summed E-state index contributed by atoms with van der Waals surface area (Å²) in [6.45, 7) is 16.5. The molecule has 0 saturated carbocycles. The Morgan fingerprint density at radius 3 is 1.89 bits per heavy atom. The van der Waals surface area contributed by atoms with Crippen molar-refractivity contribution in [1.82, 2.24) is 0 Å². The van der Waals surface area contributed by atoms with Crippen molar-refractivity contribution in [2.24, 2.45) is 0 Å². The lowest BCUT2D eigenvalue weighted by Gasteiger charge is -2.42. The molecule has 0 unspecified atom stereocenters. The number of benzene rings is 2. The maximum absolute atomic E-state index is 2.53. The zero-order valence-corrected chi connectivity index (χ0v) is 18.2. The highest BCUT2D eigenvalue weighted by molar-refractivity contribution is 5.89. The smallest absolute Gasteiger partial charge is 0.00136 e. The molecule has 0 N–H and O–H groups in total. The van der Waals surface area contributed by atoms with Gasteiger partial charge in [-0.15, -0.1) is 0 Å². The molecule has 142 valence electrons. The number of allylic oxidation sites excluding steroid dienone is 1. The number of rotatable bonds is 1. The third-order valence-corrected chi connectivity index (χ3v) is 6.94. The first-order valence-corrected chi connectivity index (χ1v) is 10.5. The van der Waals surface area contributed by atoms with Gasteiger partial charge in [0.25, 0.3) is 0 Å². The Kier molecular flexibility index (Phi) is 4.01. The van der Waals surface area contributed by atoms with Crippen LogP contribution in [0.5, 0.6) is 0 Å². The SMILES string of the molecule is CC(C)(C)c1ccc(C2=Cc3cc4c(cc3C2)C(C)(C)CCC4(C)C)cc1. The zero-order chi connectivity index (χ0) is 19.6. The van der Waals surface area contributed by atoms with E-state index in [0.717, 1.165) is 6.42 Å². The van der Waals surface area contributed by atoms with E-state index in [9.17, 15) is 0 Å². The molecular weight excluding hydrogens is 324 g/mol. The molecule has 0 heterocycles. The summed E-state index contributed by atoms with van der Waals surface area (Å²) >= 11 is 0. The summed E-state index contributed by atoms with van der Waals surface area (Å²) < 4.78 is 0. The summed E-state index contributed by atoms with van der Waals surface area (Å²) in [5.41, 5.74) is 11.1. The summed E-state index contributed by atoms with van der Waals surface area (Å²) in [5, 5.41) is 0. The molecule has 0 fully saturated rings. The van der Waals surface area contributed by atoms with Crippen LogP contribution in [0.4, 0.5) is 0 Å². The van der Waals surface area contributed by atoms with E-state index >= 15 is 0 Å². The standard InChI is InChI=1S/C27H34/c1-25(2,3)22-10-8-18(9-11-22)19-14-20-16-23-24(17-21(20)15-19)27(6,7)13-12-26(23,4)5/h8-11,14,16-17H,12-13,15H2,1-7H3. The van der Waals surface area contributed by atoms with Gasteiger partial charge in [-0.25, -0.2) is 0 Å². The fourth-order valence-electron chi connectivity index (χ4n) is 4.78. The Bertz CT molecular complexity index is 912. The normalized spacial score (nSPS) is 20.0. The fraction of sp³-hybridized carbons (Fsp3) is 0.481. The highest BCUT2D eigenvalue weighted by Gasteiger charge is 2.38. The lowest BCUT2D eigenvalue weighted by atomic mass is 9.62. The highest BCUT2D eigenvalue weighted by Crippen LogP contribution is 2.48. The van der Waals surface area contributed by atoms with Crippen molar-refractivity contribution in [3.05, 3.63) is 69.8 Å². The van der Waals surface area contributed by atoms with E-state index in [0.29, 0.717) is 0 Å². The van der Waals surface area contributed by atoms with Gasteiger partial charge in [0.1, 0.15) is 0 Å². The molecule has 0 amide bonds. The van der Waals surface area contributed by atoms with Crippen LogP contribution in [0.1, 0.15) is 94.7 Å². The van der Waals surface area contributed by atoms with Crippen LogP contribution in [-0.2, 0) is 22.7 Å². The van der Waals surface area contributed by atoms with Crippen molar-refractivity contribution >= 4 is 11.6 Å². The highest BCUT2D eigenvalue weighted by atomic mass is 14.4. The van der Waals surface area contributed by atoms with Gasteiger partial charge >= 0.3 is 0 Å². The average molecular weight is 359 g/mol. The largest absolute Gasteiger partial charge is 0.0579 e. The van der Waals surface area contributed by atoms with Crippen LogP contribution >= 0.6 is 0 Å². The van der Waals surface area contributed by atoms with Crippen molar-refractivity contribution in [2.75, 3.05) is 0 Å². The van der Waals surface area contributed by atoms with Gasteiger partial charge in [0, 0.05) is 0 Å². The van der Waals surface area contributed by atoms with Crippen LogP contribution in [0.25, 0.3) is 11.6 Å². The molecule has 0 nitrogen and oxygen atoms in total. The minimum atomic E-state index is 0.210. The van der Waals surface area contributed by atoms with Crippen LogP contribution in [0.3, 0.4) is 0 Å². The van der Waals surface area contributed by atoms with Crippen molar-refractivity contribution in [3.63, 3.8) is 0 Å². The molecule has 0 heteroatoms. The average Bonchev–Trinajstić information content (AvgIpc) is 3.01. The minimum Gasteiger partial charge on any atom is -0.0579 e. The number of hydrogen-bond donors (Lipinski definition) is 0. The number of fused-ring (bicyclic) bond motifs is 2. The third-order valence-electron chi connectivity index (χ3n) is 6.94. The Morgan fingerprint density at radius 2 is 1.33 bits per heavy atom. The van der Waals surface area contributed by atoms with E-state index < -0.39 is 0 Å². The monoisotopic (exact) mass is 358 g/mol. The molecule has 2 aromatic rings. The van der Waals surface area contributed by atoms with Gasteiger partial charge in [-0.3, -0.25) is 0 Å². The second kappa shape index (κ2) is 5.84. The quantitative estimate of drug-likeness (QED) is 0.497. The molecule has 0 aliphatic heterocycles. The van der Waals surface area contributed by atoms with Gasteiger partial charge in [-0.05, 0) is 74.5 Å². The summed E-state index contributed by atoms with van der Waals surface area (Å²) in [6, 6.07) is 14.3. The van der Waals surface area contributed by atoms with E-state index in [-0.39, 0.29) is 16.2 Å². The van der Waals surface area contributed by atoms with Gasteiger partial charge in [0.05, 0.1) is 0 Å². The summed E-state index contributed by atoms with van der Waals surface area (Å²) in [6.07, 6.45) is 6.05. The summed E-state index contributed by atoms with van der Waals surface area (Å²) in [7, 11) is 0. The third kappa shape index (κ3) is 3.18. The first-order valence-electron chi connectivity index (χ1n) is 10.5. The summed E-state index contributed by atoms with van der Waals surface area (Å²) in [5.74, 6) is 0. The Hall–Kier alpha value is -1.82. The van der Waals surface area contributed by atoms with Crippen molar-refractivity contribution in [1.29, 1.82) is 0 Å². The van der Waals surface area contributed by atoms with E-state index in [2.05, 4.69) is 90.9 Å². The van der Waals surface area contributed by atoms with Crippen LogP contribution in [0.2, 0.25) is 0 Å². The Labute approximate surface area is 165 Å². The lowest BCUT2D eigenvalue weighted by Crippen LogP contribution is -2.34. The van der Waals surface area contributed by atoms with Gasteiger partial charge < -0.3 is 0 Å². The predicted molar refractivity (Wildman–Crippen MR) is 118 cm³/mol. The molecule has 2 aliphatic carbocycles. The molecule has 4 rings (SSSR count). The molecule has 27 heavy (non-hydrogen) atoms. The predicted octanol–water partition coefficient (Wildman–Crippen LogP) is 7.43. The van der Waals surface area contributed by atoms with Gasteiger partial charge in [0.15, 0.2) is 0 Å². The zero-order valence-electron chi connectivity index (χ0n) is 18.2. The maximum atomic E-state index is 2.53. The van der Waals surface area contributed by atoms with E-state index in [1.54, 1.807) is 11.1 Å². The van der Waals surface area contributed by atoms with Crippen LogP contribution in [0, 0.1) is 0 Å². The first-order chi connectivity index (χ1) is 12.5. The number of hydrogen-bond acceptors (Lipinski definition) is 0. The molecule has 0 spiro atoms. The molecule has 0 radical (unpaired) electrons. The first kappa shape index (κ1) is 18.5. The molecule has 0 saturated heterocycles. The maximum Gasteiger partial charge on any atom is -0.00136 e. The van der Waals surface area contributed by atoms with Crippen LogP contribution in [0.15, 0.2) is 36.4 Å².